The maximum atomic E-state index is 10.7. The van der Waals surface area contributed by atoms with Crippen molar-refractivity contribution < 1.29 is 19.1 Å². The lowest BCUT2D eigenvalue weighted by Gasteiger charge is -2.08. The molecule has 0 fully saturated rings. The molecule has 0 aliphatic rings. The average molecular weight is 175 g/mol. The molecule has 0 aromatic rings. The van der Waals surface area contributed by atoms with Crippen molar-refractivity contribution in [3.05, 3.63) is 0 Å². The predicted molar refractivity (Wildman–Crippen MR) is 41.2 cm³/mol. The standard InChI is InChI=1S/C7H13NO4/c1-5(9)12-4-3-6(8)7(10)11-2/h6H,3-4,8H2,1-2H3. The van der Waals surface area contributed by atoms with E-state index < -0.39 is 12.0 Å². The Bertz CT molecular complexity index is 169. The van der Waals surface area contributed by atoms with Gasteiger partial charge in [0, 0.05) is 13.3 Å². The Labute approximate surface area is 70.8 Å². The zero-order chi connectivity index (χ0) is 9.56. The second kappa shape index (κ2) is 5.54. The van der Waals surface area contributed by atoms with Crippen molar-refractivity contribution in [3.8, 4) is 0 Å². The van der Waals surface area contributed by atoms with Gasteiger partial charge in [0.25, 0.3) is 0 Å². The van der Waals surface area contributed by atoms with Crippen LogP contribution in [0.4, 0.5) is 0 Å². The minimum atomic E-state index is -0.714. The van der Waals surface area contributed by atoms with E-state index in [2.05, 4.69) is 9.47 Å². The van der Waals surface area contributed by atoms with Crippen molar-refractivity contribution in [1.29, 1.82) is 0 Å². The molecule has 0 bridgehead atoms. The lowest BCUT2D eigenvalue weighted by atomic mass is 10.2. The van der Waals surface area contributed by atoms with Crippen LogP contribution in [0.15, 0.2) is 0 Å². The fraction of sp³-hybridized carbons (Fsp3) is 0.714. The third kappa shape index (κ3) is 4.68. The van der Waals surface area contributed by atoms with Crippen LogP contribution in [-0.4, -0.2) is 31.7 Å². The summed E-state index contributed by atoms with van der Waals surface area (Å²) in [5, 5.41) is 0. The first-order chi connectivity index (χ1) is 5.57. The second-order valence-corrected chi connectivity index (χ2v) is 2.26. The summed E-state index contributed by atoms with van der Waals surface area (Å²) in [6, 6.07) is -0.714. The van der Waals surface area contributed by atoms with E-state index in [0.717, 1.165) is 0 Å². The number of esters is 2. The molecule has 1 atom stereocenters. The molecule has 0 spiro atoms. The third-order valence-corrected chi connectivity index (χ3v) is 1.24. The van der Waals surface area contributed by atoms with E-state index in [1.165, 1.54) is 14.0 Å². The van der Waals surface area contributed by atoms with Gasteiger partial charge in [-0.3, -0.25) is 9.59 Å². The quantitative estimate of drug-likeness (QED) is 0.579. The lowest BCUT2D eigenvalue weighted by molar-refractivity contribution is -0.145. The van der Waals surface area contributed by atoms with Gasteiger partial charge in [0.1, 0.15) is 6.04 Å². The Hall–Kier alpha value is -1.10. The zero-order valence-corrected chi connectivity index (χ0v) is 7.20. The molecule has 12 heavy (non-hydrogen) atoms. The van der Waals surface area contributed by atoms with E-state index in [9.17, 15) is 9.59 Å². The van der Waals surface area contributed by atoms with Crippen molar-refractivity contribution in [3.63, 3.8) is 0 Å². The molecule has 0 saturated heterocycles. The highest BCUT2D eigenvalue weighted by atomic mass is 16.5. The number of rotatable bonds is 4. The van der Waals surface area contributed by atoms with Crippen LogP contribution in [0.2, 0.25) is 0 Å². The largest absolute Gasteiger partial charge is 0.468 e. The van der Waals surface area contributed by atoms with E-state index >= 15 is 0 Å². The maximum Gasteiger partial charge on any atom is 0.322 e. The summed E-state index contributed by atoms with van der Waals surface area (Å²) >= 11 is 0. The van der Waals surface area contributed by atoms with Gasteiger partial charge in [-0.2, -0.15) is 0 Å². The molecular formula is C7H13NO4. The van der Waals surface area contributed by atoms with E-state index in [1.807, 2.05) is 0 Å². The van der Waals surface area contributed by atoms with E-state index in [1.54, 1.807) is 0 Å². The first-order valence-corrected chi connectivity index (χ1v) is 3.54. The van der Waals surface area contributed by atoms with Crippen LogP contribution in [0.5, 0.6) is 0 Å². The van der Waals surface area contributed by atoms with Crippen molar-refractivity contribution in [1.82, 2.24) is 0 Å². The molecule has 0 saturated carbocycles. The van der Waals surface area contributed by atoms with Gasteiger partial charge in [0.05, 0.1) is 13.7 Å². The first-order valence-electron chi connectivity index (χ1n) is 3.54. The molecule has 1 unspecified atom stereocenters. The molecule has 5 heteroatoms. The smallest absolute Gasteiger partial charge is 0.322 e. The molecule has 2 N–H and O–H groups in total. The highest BCUT2D eigenvalue weighted by Gasteiger charge is 2.13. The molecular weight excluding hydrogens is 162 g/mol. The van der Waals surface area contributed by atoms with Crippen LogP contribution < -0.4 is 5.73 Å². The Morgan fingerprint density at radius 2 is 2.08 bits per heavy atom. The van der Waals surface area contributed by atoms with Gasteiger partial charge in [-0.1, -0.05) is 0 Å². The zero-order valence-electron chi connectivity index (χ0n) is 7.20. The first kappa shape index (κ1) is 10.9. The number of carbonyl (C=O) groups excluding carboxylic acids is 2. The molecule has 5 nitrogen and oxygen atoms in total. The number of carbonyl (C=O) groups is 2. The molecule has 0 radical (unpaired) electrons. The minimum absolute atomic E-state index is 0.144. The van der Waals surface area contributed by atoms with Crippen LogP contribution in [0.3, 0.4) is 0 Å². The fourth-order valence-corrected chi connectivity index (χ4v) is 0.599. The highest BCUT2D eigenvalue weighted by molar-refractivity contribution is 5.75. The van der Waals surface area contributed by atoms with Crippen LogP contribution in [0.25, 0.3) is 0 Å². The second-order valence-electron chi connectivity index (χ2n) is 2.26. The number of ether oxygens (including phenoxy) is 2. The fourth-order valence-electron chi connectivity index (χ4n) is 0.599. The van der Waals surface area contributed by atoms with Crippen LogP contribution >= 0.6 is 0 Å². The van der Waals surface area contributed by atoms with E-state index in [-0.39, 0.29) is 19.0 Å². The Morgan fingerprint density at radius 3 is 2.50 bits per heavy atom. The summed E-state index contributed by atoms with van der Waals surface area (Å²) < 4.78 is 8.95. The summed E-state index contributed by atoms with van der Waals surface area (Å²) in [6.45, 7) is 1.44. The lowest BCUT2D eigenvalue weighted by Crippen LogP contribution is -2.32. The van der Waals surface area contributed by atoms with E-state index in [4.69, 9.17) is 5.73 Å². The molecule has 0 amide bonds. The number of hydrogen-bond donors (Lipinski definition) is 1. The normalized spacial score (nSPS) is 11.9. The van der Waals surface area contributed by atoms with Gasteiger partial charge < -0.3 is 15.2 Å². The summed E-state index contributed by atoms with van der Waals surface area (Å²) in [4.78, 5) is 21.0. The predicted octanol–water partition coefficient (Wildman–Crippen LogP) is -0.560. The topological polar surface area (TPSA) is 78.6 Å². The van der Waals surface area contributed by atoms with Gasteiger partial charge >= 0.3 is 11.9 Å². The summed E-state index contributed by atoms with van der Waals surface area (Å²) in [5.74, 6) is -0.880. The van der Waals surface area contributed by atoms with Crippen LogP contribution in [0, 0.1) is 0 Å². The number of nitrogens with two attached hydrogens (primary N) is 1. The van der Waals surface area contributed by atoms with Crippen molar-refractivity contribution in [2.75, 3.05) is 13.7 Å². The number of hydrogen-bond acceptors (Lipinski definition) is 5. The van der Waals surface area contributed by atoms with Gasteiger partial charge in [-0.25, -0.2) is 0 Å². The van der Waals surface area contributed by atoms with Crippen molar-refractivity contribution >= 4 is 11.9 Å². The van der Waals surface area contributed by atoms with Gasteiger partial charge in [-0.15, -0.1) is 0 Å². The molecule has 0 aliphatic carbocycles. The van der Waals surface area contributed by atoms with E-state index in [0.29, 0.717) is 0 Å². The Morgan fingerprint density at radius 1 is 1.50 bits per heavy atom. The van der Waals surface area contributed by atoms with Crippen LogP contribution in [0.1, 0.15) is 13.3 Å². The Balaban J connectivity index is 3.50. The molecule has 0 heterocycles. The highest BCUT2D eigenvalue weighted by Crippen LogP contribution is 1.92. The average Bonchev–Trinajstić information content (AvgIpc) is 2.02. The van der Waals surface area contributed by atoms with Crippen LogP contribution in [-0.2, 0) is 19.1 Å². The Kier molecular flexibility index (Phi) is 5.03. The van der Waals surface area contributed by atoms with Gasteiger partial charge in [0.2, 0.25) is 0 Å². The monoisotopic (exact) mass is 175 g/mol. The summed E-state index contributed by atoms with van der Waals surface area (Å²) in [7, 11) is 1.26. The van der Waals surface area contributed by atoms with Gasteiger partial charge in [0.15, 0.2) is 0 Å². The summed E-state index contributed by atoms with van der Waals surface area (Å²) in [6.07, 6.45) is 0.284. The van der Waals surface area contributed by atoms with Crippen molar-refractivity contribution in [2.24, 2.45) is 5.73 Å². The number of methoxy groups -OCH3 is 1. The minimum Gasteiger partial charge on any atom is -0.468 e. The summed E-state index contributed by atoms with van der Waals surface area (Å²) in [5.41, 5.74) is 5.35. The maximum absolute atomic E-state index is 10.7. The van der Waals surface area contributed by atoms with Crippen molar-refractivity contribution in [2.45, 2.75) is 19.4 Å². The van der Waals surface area contributed by atoms with Gasteiger partial charge in [-0.05, 0) is 0 Å². The third-order valence-electron chi connectivity index (χ3n) is 1.24. The molecule has 70 valence electrons. The molecule has 0 rings (SSSR count). The molecule has 0 aromatic heterocycles. The molecule has 0 aliphatic heterocycles. The molecule has 0 aromatic carbocycles. The SMILES string of the molecule is COC(=O)C(N)CCOC(C)=O.